The fraction of sp³-hybridized carbons (Fsp3) is 1.00. The van der Waals surface area contributed by atoms with Gasteiger partial charge in [-0.05, 0) is 19.3 Å². The van der Waals surface area contributed by atoms with Gasteiger partial charge in [0, 0.05) is 6.04 Å². The third kappa shape index (κ3) is 10.2. The molecule has 15 heavy (non-hydrogen) atoms. The summed E-state index contributed by atoms with van der Waals surface area (Å²) in [6.45, 7) is 6.66. The first-order valence-electron chi connectivity index (χ1n) is 6.94. The zero-order chi connectivity index (χ0) is 11.5. The van der Waals surface area contributed by atoms with Gasteiger partial charge >= 0.3 is 0 Å². The highest BCUT2D eigenvalue weighted by atomic mass is 14.6. The van der Waals surface area contributed by atoms with Crippen molar-refractivity contribution in [2.45, 2.75) is 84.6 Å². The molecule has 0 amide bonds. The Labute approximate surface area is 96.8 Å². The minimum atomic E-state index is 0.370. The van der Waals surface area contributed by atoms with Crippen LogP contribution in [0.25, 0.3) is 0 Å². The SMILES string of the molecule is CCCCCCCCCCC(C)C(C)N. The largest absolute Gasteiger partial charge is 0.328 e. The molecule has 0 spiro atoms. The molecule has 0 fully saturated rings. The molecule has 0 aliphatic heterocycles. The van der Waals surface area contributed by atoms with Gasteiger partial charge in [-0.1, -0.05) is 65.2 Å². The summed E-state index contributed by atoms with van der Waals surface area (Å²) >= 11 is 0. The van der Waals surface area contributed by atoms with Crippen LogP contribution < -0.4 is 5.73 Å². The summed E-state index contributed by atoms with van der Waals surface area (Å²) in [5.74, 6) is 0.699. The molecule has 0 aromatic rings. The fourth-order valence-corrected chi connectivity index (χ4v) is 1.86. The van der Waals surface area contributed by atoms with Gasteiger partial charge in [-0.3, -0.25) is 0 Å². The maximum absolute atomic E-state index is 5.83. The van der Waals surface area contributed by atoms with E-state index in [2.05, 4.69) is 20.8 Å². The van der Waals surface area contributed by atoms with E-state index in [1.54, 1.807) is 0 Å². The van der Waals surface area contributed by atoms with Crippen LogP contribution >= 0.6 is 0 Å². The first kappa shape index (κ1) is 15.0. The Hall–Kier alpha value is -0.0400. The summed E-state index contributed by atoms with van der Waals surface area (Å²) in [5, 5.41) is 0. The lowest BCUT2D eigenvalue weighted by Crippen LogP contribution is -2.23. The van der Waals surface area contributed by atoms with Gasteiger partial charge in [0.2, 0.25) is 0 Å². The summed E-state index contributed by atoms with van der Waals surface area (Å²) in [5.41, 5.74) is 5.83. The first-order valence-corrected chi connectivity index (χ1v) is 6.94. The highest BCUT2D eigenvalue weighted by molar-refractivity contribution is 4.63. The lowest BCUT2D eigenvalue weighted by molar-refractivity contribution is 0.423. The molecule has 0 bridgehead atoms. The Kier molecular flexibility index (Phi) is 10.4. The molecule has 2 unspecified atom stereocenters. The van der Waals surface area contributed by atoms with Crippen molar-refractivity contribution in [3.63, 3.8) is 0 Å². The van der Waals surface area contributed by atoms with Gasteiger partial charge in [0.15, 0.2) is 0 Å². The van der Waals surface area contributed by atoms with E-state index >= 15 is 0 Å². The fourth-order valence-electron chi connectivity index (χ4n) is 1.86. The van der Waals surface area contributed by atoms with Gasteiger partial charge in [-0.2, -0.15) is 0 Å². The van der Waals surface area contributed by atoms with Crippen LogP contribution in [0.4, 0.5) is 0 Å². The van der Waals surface area contributed by atoms with E-state index in [0.717, 1.165) is 0 Å². The molecular weight excluding hydrogens is 182 g/mol. The van der Waals surface area contributed by atoms with E-state index in [1.165, 1.54) is 57.8 Å². The Morgan fingerprint density at radius 2 is 1.27 bits per heavy atom. The van der Waals surface area contributed by atoms with Crippen LogP contribution in [0.3, 0.4) is 0 Å². The Morgan fingerprint density at radius 1 is 0.800 bits per heavy atom. The lowest BCUT2D eigenvalue weighted by Gasteiger charge is -2.14. The molecule has 2 N–H and O–H groups in total. The predicted molar refractivity (Wildman–Crippen MR) is 70.0 cm³/mol. The van der Waals surface area contributed by atoms with Crippen molar-refractivity contribution >= 4 is 0 Å². The molecule has 92 valence electrons. The molecule has 0 heterocycles. The number of nitrogens with two attached hydrogens (primary N) is 1. The Balaban J connectivity index is 3.05. The predicted octanol–water partition coefficient (Wildman–Crippen LogP) is 4.50. The molecule has 0 aromatic carbocycles. The first-order chi connectivity index (χ1) is 7.18. The molecule has 0 saturated carbocycles. The van der Waals surface area contributed by atoms with Gasteiger partial charge in [0.05, 0.1) is 0 Å². The van der Waals surface area contributed by atoms with Crippen molar-refractivity contribution in [3.05, 3.63) is 0 Å². The van der Waals surface area contributed by atoms with E-state index < -0.39 is 0 Å². The number of hydrogen-bond donors (Lipinski definition) is 1. The smallest absolute Gasteiger partial charge is 0.00361 e. The summed E-state index contributed by atoms with van der Waals surface area (Å²) in [4.78, 5) is 0. The highest BCUT2D eigenvalue weighted by Gasteiger charge is 2.05. The van der Waals surface area contributed by atoms with Crippen molar-refractivity contribution in [2.24, 2.45) is 11.7 Å². The molecule has 0 aromatic heterocycles. The third-order valence-electron chi connectivity index (χ3n) is 3.41. The summed E-state index contributed by atoms with van der Waals surface area (Å²) < 4.78 is 0. The van der Waals surface area contributed by atoms with Gasteiger partial charge in [0.25, 0.3) is 0 Å². The molecule has 0 aliphatic carbocycles. The van der Waals surface area contributed by atoms with Gasteiger partial charge in [-0.25, -0.2) is 0 Å². The number of rotatable bonds is 10. The molecule has 1 heteroatoms. The van der Waals surface area contributed by atoms with Crippen LogP contribution in [0, 0.1) is 5.92 Å². The standard InChI is InChI=1S/C14H31N/c1-4-5-6-7-8-9-10-11-12-13(2)14(3)15/h13-14H,4-12,15H2,1-3H3. The third-order valence-corrected chi connectivity index (χ3v) is 3.41. The van der Waals surface area contributed by atoms with Gasteiger partial charge in [-0.15, -0.1) is 0 Å². The van der Waals surface area contributed by atoms with Crippen molar-refractivity contribution in [1.82, 2.24) is 0 Å². The van der Waals surface area contributed by atoms with Crippen LogP contribution in [-0.4, -0.2) is 6.04 Å². The van der Waals surface area contributed by atoms with Crippen LogP contribution in [0.1, 0.15) is 78.6 Å². The van der Waals surface area contributed by atoms with E-state index in [1.807, 2.05) is 0 Å². The monoisotopic (exact) mass is 213 g/mol. The minimum Gasteiger partial charge on any atom is -0.328 e. The summed E-state index contributed by atoms with van der Waals surface area (Å²) in [6.07, 6.45) is 12.6. The van der Waals surface area contributed by atoms with Crippen molar-refractivity contribution in [2.75, 3.05) is 0 Å². The van der Waals surface area contributed by atoms with Crippen LogP contribution in [0.5, 0.6) is 0 Å². The van der Waals surface area contributed by atoms with Crippen molar-refractivity contribution < 1.29 is 0 Å². The zero-order valence-corrected chi connectivity index (χ0v) is 11.1. The van der Waals surface area contributed by atoms with Crippen molar-refractivity contribution in [3.8, 4) is 0 Å². The Morgan fingerprint density at radius 3 is 1.73 bits per heavy atom. The highest BCUT2D eigenvalue weighted by Crippen LogP contribution is 2.14. The lowest BCUT2D eigenvalue weighted by atomic mass is 9.96. The second-order valence-electron chi connectivity index (χ2n) is 5.10. The van der Waals surface area contributed by atoms with E-state index in [-0.39, 0.29) is 0 Å². The average Bonchev–Trinajstić information content (AvgIpc) is 2.21. The quantitative estimate of drug-likeness (QED) is 0.531. The van der Waals surface area contributed by atoms with E-state index in [4.69, 9.17) is 5.73 Å². The van der Waals surface area contributed by atoms with E-state index in [0.29, 0.717) is 12.0 Å². The topological polar surface area (TPSA) is 26.0 Å². The maximum Gasteiger partial charge on any atom is 0.00361 e. The average molecular weight is 213 g/mol. The molecular formula is C14H31N. The number of hydrogen-bond acceptors (Lipinski definition) is 1. The summed E-state index contributed by atoms with van der Waals surface area (Å²) in [7, 11) is 0. The minimum absolute atomic E-state index is 0.370. The molecule has 2 atom stereocenters. The Bertz CT molecular complexity index is 121. The van der Waals surface area contributed by atoms with Gasteiger partial charge in [0.1, 0.15) is 0 Å². The molecule has 0 radical (unpaired) electrons. The normalized spacial score (nSPS) is 15.2. The molecule has 0 rings (SSSR count). The van der Waals surface area contributed by atoms with Crippen LogP contribution in [0.2, 0.25) is 0 Å². The molecule has 0 saturated heterocycles. The zero-order valence-electron chi connectivity index (χ0n) is 11.1. The second kappa shape index (κ2) is 10.5. The molecule has 0 aliphatic rings. The second-order valence-corrected chi connectivity index (χ2v) is 5.10. The van der Waals surface area contributed by atoms with E-state index in [9.17, 15) is 0 Å². The number of unbranched alkanes of at least 4 members (excludes halogenated alkanes) is 7. The summed E-state index contributed by atoms with van der Waals surface area (Å²) in [6, 6.07) is 0.370. The van der Waals surface area contributed by atoms with Gasteiger partial charge < -0.3 is 5.73 Å². The van der Waals surface area contributed by atoms with Crippen LogP contribution in [0.15, 0.2) is 0 Å². The maximum atomic E-state index is 5.83. The van der Waals surface area contributed by atoms with Crippen molar-refractivity contribution in [1.29, 1.82) is 0 Å². The van der Waals surface area contributed by atoms with Crippen LogP contribution in [-0.2, 0) is 0 Å². The molecule has 1 nitrogen and oxygen atoms in total.